The summed E-state index contributed by atoms with van der Waals surface area (Å²) in [7, 11) is 0. The monoisotopic (exact) mass is 298 g/mol. The van der Waals surface area contributed by atoms with Crippen molar-refractivity contribution in [1.29, 1.82) is 0 Å². The number of benzene rings is 2. The number of hydrogen-bond donors (Lipinski definition) is 0. The van der Waals surface area contributed by atoms with Crippen LogP contribution in [-0.2, 0) is 4.74 Å². The van der Waals surface area contributed by atoms with Crippen LogP contribution in [0, 0.1) is 0 Å². The molecule has 3 heteroatoms. The Morgan fingerprint density at radius 1 is 1.05 bits per heavy atom. The molecule has 1 atom stereocenters. The van der Waals surface area contributed by atoms with Gasteiger partial charge in [-0.3, -0.25) is 0 Å². The molecule has 0 aliphatic carbocycles. The van der Waals surface area contributed by atoms with Gasteiger partial charge in [-0.1, -0.05) is 32.0 Å². The molecule has 2 rings (SSSR count). The van der Waals surface area contributed by atoms with Crippen LogP contribution in [0.2, 0.25) is 0 Å². The molecule has 0 saturated carbocycles. The summed E-state index contributed by atoms with van der Waals surface area (Å²) in [4.78, 5) is 11.7. The molecule has 3 nitrogen and oxygen atoms in total. The SMILES string of the molecule is CCOC(=O)c1cccc(Oc2ccc([C@H](C)CC)cc2)c1. The van der Waals surface area contributed by atoms with Crippen LogP contribution in [0.15, 0.2) is 48.5 Å². The molecular weight excluding hydrogens is 276 g/mol. The van der Waals surface area contributed by atoms with Crippen molar-refractivity contribution in [3.05, 3.63) is 59.7 Å². The van der Waals surface area contributed by atoms with Gasteiger partial charge in [0.25, 0.3) is 0 Å². The standard InChI is InChI=1S/C19H22O3/c1-4-14(3)15-9-11-17(12-10-15)22-18-8-6-7-16(13-18)19(20)21-5-2/h6-14H,4-5H2,1-3H3/t14-/m1/s1. The van der Waals surface area contributed by atoms with E-state index >= 15 is 0 Å². The number of hydrogen-bond acceptors (Lipinski definition) is 3. The van der Waals surface area contributed by atoms with Crippen molar-refractivity contribution in [2.45, 2.75) is 33.1 Å². The third kappa shape index (κ3) is 4.10. The highest BCUT2D eigenvalue weighted by Crippen LogP contribution is 2.25. The molecule has 2 aromatic carbocycles. The van der Waals surface area contributed by atoms with Gasteiger partial charge in [0.2, 0.25) is 0 Å². The van der Waals surface area contributed by atoms with Gasteiger partial charge in [-0.25, -0.2) is 4.79 Å². The van der Waals surface area contributed by atoms with E-state index in [2.05, 4.69) is 26.0 Å². The van der Waals surface area contributed by atoms with Gasteiger partial charge in [-0.05, 0) is 55.2 Å². The summed E-state index contributed by atoms with van der Waals surface area (Å²) in [6.45, 7) is 6.53. The van der Waals surface area contributed by atoms with E-state index in [1.54, 1.807) is 25.1 Å². The average molecular weight is 298 g/mol. The number of esters is 1. The molecule has 0 heterocycles. The van der Waals surface area contributed by atoms with Gasteiger partial charge in [0.1, 0.15) is 11.5 Å². The van der Waals surface area contributed by atoms with E-state index in [-0.39, 0.29) is 5.97 Å². The zero-order valence-corrected chi connectivity index (χ0v) is 13.3. The molecule has 2 aromatic rings. The molecule has 0 aromatic heterocycles. The number of carbonyl (C=O) groups is 1. The van der Waals surface area contributed by atoms with Crippen LogP contribution in [0.3, 0.4) is 0 Å². The lowest BCUT2D eigenvalue weighted by Crippen LogP contribution is -2.04. The molecule has 116 valence electrons. The maximum atomic E-state index is 11.7. The van der Waals surface area contributed by atoms with Crippen LogP contribution in [-0.4, -0.2) is 12.6 Å². The maximum absolute atomic E-state index is 11.7. The normalized spacial score (nSPS) is 11.8. The van der Waals surface area contributed by atoms with Crippen molar-refractivity contribution in [1.82, 2.24) is 0 Å². The summed E-state index contributed by atoms with van der Waals surface area (Å²) in [5.41, 5.74) is 1.80. The van der Waals surface area contributed by atoms with E-state index < -0.39 is 0 Å². The molecule has 22 heavy (non-hydrogen) atoms. The van der Waals surface area contributed by atoms with Gasteiger partial charge in [-0.15, -0.1) is 0 Å². The first-order valence-electron chi connectivity index (χ1n) is 7.69. The summed E-state index contributed by atoms with van der Waals surface area (Å²) >= 11 is 0. The lowest BCUT2D eigenvalue weighted by atomic mass is 9.99. The van der Waals surface area contributed by atoms with Crippen molar-refractivity contribution in [3.63, 3.8) is 0 Å². The first-order chi connectivity index (χ1) is 10.6. The predicted molar refractivity (Wildman–Crippen MR) is 87.6 cm³/mol. The first-order valence-corrected chi connectivity index (χ1v) is 7.69. The average Bonchev–Trinajstić information content (AvgIpc) is 2.55. The molecule has 0 bridgehead atoms. The summed E-state index contributed by atoms with van der Waals surface area (Å²) in [5.74, 6) is 1.59. The van der Waals surface area contributed by atoms with Crippen LogP contribution >= 0.6 is 0 Å². The van der Waals surface area contributed by atoms with E-state index in [1.807, 2.05) is 18.2 Å². The smallest absolute Gasteiger partial charge is 0.338 e. The van der Waals surface area contributed by atoms with E-state index in [9.17, 15) is 4.79 Å². The Bertz CT molecular complexity index is 617. The van der Waals surface area contributed by atoms with Crippen LogP contribution < -0.4 is 4.74 Å². The van der Waals surface area contributed by atoms with Crippen LogP contribution in [0.1, 0.15) is 49.0 Å². The molecule has 0 radical (unpaired) electrons. The highest BCUT2D eigenvalue weighted by molar-refractivity contribution is 5.89. The third-order valence-corrected chi connectivity index (χ3v) is 3.64. The van der Waals surface area contributed by atoms with Gasteiger partial charge < -0.3 is 9.47 Å². The summed E-state index contributed by atoms with van der Waals surface area (Å²) < 4.78 is 10.8. The minimum atomic E-state index is -0.333. The van der Waals surface area contributed by atoms with Crippen molar-refractivity contribution < 1.29 is 14.3 Å². The largest absolute Gasteiger partial charge is 0.462 e. The zero-order valence-electron chi connectivity index (χ0n) is 13.3. The molecule has 0 fully saturated rings. The maximum Gasteiger partial charge on any atom is 0.338 e. The number of rotatable bonds is 6. The topological polar surface area (TPSA) is 35.5 Å². The van der Waals surface area contributed by atoms with Gasteiger partial charge in [0.15, 0.2) is 0 Å². The minimum absolute atomic E-state index is 0.333. The molecule has 0 spiro atoms. The fourth-order valence-electron chi connectivity index (χ4n) is 2.14. The highest BCUT2D eigenvalue weighted by Gasteiger charge is 2.08. The Labute approximate surface area is 131 Å². The molecule has 0 amide bonds. The molecule has 0 aliphatic rings. The van der Waals surface area contributed by atoms with Crippen molar-refractivity contribution in [2.75, 3.05) is 6.61 Å². The van der Waals surface area contributed by atoms with Gasteiger partial charge in [0, 0.05) is 0 Å². The number of ether oxygens (including phenoxy) is 2. The lowest BCUT2D eigenvalue weighted by Gasteiger charge is -2.11. The quantitative estimate of drug-likeness (QED) is 0.690. The van der Waals surface area contributed by atoms with Crippen LogP contribution in [0.25, 0.3) is 0 Å². The fraction of sp³-hybridized carbons (Fsp3) is 0.316. The molecule has 0 aliphatic heterocycles. The number of carbonyl (C=O) groups excluding carboxylic acids is 1. The zero-order chi connectivity index (χ0) is 15.9. The summed E-state index contributed by atoms with van der Waals surface area (Å²) in [6, 6.07) is 15.1. The second kappa shape index (κ2) is 7.64. The lowest BCUT2D eigenvalue weighted by molar-refractivity contribution is 0.0526. The highest BCUT2D eigenvalue weighted by atomic mass is 16.5. The van der Waals surface area contributed by atoms with Crippen LogP contribution in [0.4, 0.5) is 0 Å². The third-order valence-electron chi connectivity index (χ3n) is 3.64. The van der Waals surface area contributed by atoms with Crippen molar-refractivity contribution in [3.8, 4) is 11.5 Å². The Morgan fingerprint density at radius 2 is 1.77 bits per heavy atom. The van der Waals surface area contributed by atoms with Gasteiger partial charge >= 0.3 is 5.97 Å². The Hall–Kier alpha value is -2.29. The molecule has 0 N–H and O–H groups in total. The minimum Gasteiger partial charge on any atom is -0.462 e. The second-order valence-electron chi connectivity index (χ2n) is 5.23. The van der Waals surface area contributed by atoms with E-state index in [1.165, 1.54) is 5.56 Å². The Kier molecular flexibility index (Phi) is 5.59. The fourth-order valence-corrected chi connectivity index (χ4v) is 2.14. The molecule has 0 unspecified atom stereocenters. The Morgan fingerprint density at radius 3 is 2.41 bits per heavy atom. The van der Waals surface area contributed by atoms with Crippen molar-refractivity contribution >= 4 is 5.97 Å². The van der Waals surface area contributed by atoms with Gasteiger partial charge in [0.05, 0.1) is 12.2 Å². The van der Waals surface area contributed by atoms with E-state index in [0.29, 0.717) is 23.8 Å². The first kappa shape index (κ1) is 16.1. The van der Waals surface area contributed by atoms with E-state index in [0.717, 1.165) is 12.2 Å². The summed E-state index contributed by atoms with van der Waals surface area (Å²) in [6.07, 6.45) is 1.11. The van der Waals surface area contributed by atoms with Crippen molar-refractivity contribution in [2.24, 2.45) is 0 Å². The molecule has 0 saturated heterocycles. The van der Waals surface area contributed by atoms with Crippen LogP contribution in [0.5, 0.6) is 11.5 Å². The second-order valence-corrected chi connectivity index (χ2v) is 5.23. The van der Waals surface area contributed by atoms with Gasteiger partial charge in [-0.2, -0.15) is 0 Å². The molecular formula is C19H22O3. The summed E-state index contributed by atoms with van der Waals surface area (Å²) in [5, 5.41) is 0. The Balaban J connectivity index is 2.10. The predicted octanol–water partition coefficient (Wildman–Crippen LogP) is 5.17. The van der Waals surface area contributed by atoms with E-state index in [4.69, 9.17) is 9.47 Å².